The molecular formula is C21H28ClN2O+. The topological polar surface area (TPSA) is 20.3 Å². The minimum atomic E-state index is 0.731. The van der Waals surface area contributed by atoms with Crippen molar-refractivity contribution >= 4 is 28.8 Å². The Morgan fingerprint density at radius 3 is 2.76 bits per heavy atom. The quantitative estimate of drug-likeness (QED) is 0.642. The summed E-state index contributed by atoms with van der Waals surface area (Å²) in [7, 11) is 0. The fourth-order valence-corrected chi connectivity index (χ4v) is 4.49. The molecule has 4 rings (SSSR count). The van der Waals surface area contributed by atoms with E-state index in [1.54, 1.807) is 0 Å². The monoisotopic (exact) mass is 359 g/mol. The molecule has 2 aliphatic rings. The molecular weight excluding hydrogens is 332 g/mol. The molecule has 2 fully saturated rings. The van der Waals surface area contributed by atoms with Gasteiger partial charge >= 0.3 is 5.89 Å². The molecule has 0 amide bonds. The molecule has 1 aliphatic carbocycles. The second kappa shape index (κ2) is 7.82. The van der Waals surface area contributed by atoms with E-state index in [0.717, 1.165) is 47.6 Å². The van der Waals surface area contributed by atoms with Crippen LogP contribution in [0.5, 0.6) is 0 Å². The van der Waals surface area contributed by atoms with Crippen molar-refractivity contribution in [3.8, 4) is 0 Å². The lowest BCUT2D eigenvalue weighted by Gasteiger charge is -2.09. The van der Waals surface area contributed by atoms with Gasteiger partial charge in [0.15, 0.2) is 6.54 Å². The maximum absolute atomic E-state index is 6.16. The van der Waals surface area contributed by atoms with Gasteiger partial charge in [0, 0.05) is 42.9 Å². The molecule has 2 aromatic rings. The van der Waals surface area contributed by atoms with Crippen molar-refractivity contribution in [2.75, 3.05) is 13.1 Å². The van der Waals surface area contributed by atoms with Crippen molar-refractivity contribution in [2.24, 2.45) is 5.92 Å². The highest BCUT2D eigenvalue weighted by molar-refractivity contribution is 6.31. The maximum Gasteiger partial charge on any atom is 0.375 e. The first-order valence-corrected chi connectivity index (χ1v) is 10.2. The molecule has 0 radical (unpaired) electrons. The van der Waals surface area contributed by atoms with Crippen LogP contribution >= 0.6 is 11.6 Å². The lowest BCUT2D eigenvalue weighted by atomic mass is 10.0. The number of rotatable bonds is 6. The van der Waals surface area contributed by atoms with E-state index in [-0.39, 0.29) is 0 Å². The SMILES string of the molecule is Clc1ccc2c(c1)oc(/C=C/N1CCCC1)[n+]2CCCC1CCCC1. The molecule has 1 saturated heterocycles. The number of hydrogen-bond acceptors (Lipinski definition) is 2. The first-order chi connectivity index (χ1) is 12.3. The van der Waals surface area contributed by atoms with Crippen LogP contribution in [0, 0.1) is 5.92 Å². The van der Waals surface area contributed by atoms with Crippen LogP contribution in [0.4, 0.5) is 0 Å². The average molecular weight is 360 g/mol. The zero-order chi connectivity index (χ0) is 17.1. The van der Waals surface area contributed by atoms with Crippen LogP contribution in [-0.2, 0) is 6.54 Å². The van der Waals surface area contributed by atoms with Gasteiger partial charge in [0.25, 0.3) is 5.52 Å². The minimum absolute atomic E-state index is 0.731. The number of halogens is 1. The summed E-state index contributed by atoms with van der Waals surface area (Å²) in [5, 5.41) is 0.731. The molecule has 1 saturated carbocycles. The van der Waals surface area contributed by atoms with E-state index < -0.39 is 0 Å². The minimum Gasteiger partial charge on any atom is -0.398 e. The highest BCUT2D eigenvalue weighted by Gasteiger charge is 2.22. The molecule has 0 unspecified atom stereocenters. The Labute approximate surface area is 155 Å². The Balaban J connectivity index is 1.53. The second-order valence-corrected chi connectivity index (χ2v) is 7.99. The van der Waals surface area contributed by atoms with Gasteiger partial charge in [-0.3, -0.25) is 0 Å². The van der Waals surface area contributed by atoms with Gasteiger partial charge in [-0.25, -0.2) is 0 Å². The van der Waals surface area contributed by atoms with Crippen LogP contribution in [0.25, 0.3) is 17.2 Å². The first kappa shape index (κ1) is 17.0. The van der Waals surface area contributed by atoms with Crippen LogP contribution in [0.1, 0.15) is 57.3 Å². The van der Waals surface area contributed by atoms with Crippen molar-refractivity contribution in [3.05, 3.63) is 35.3 Å². The Bertz CT molecular complexity index is 740. The number of likely N-dealkylation sites (tertiary alicyclic amines) is 1. The maximum atomic E-state index is 6.16. The van der Waals surface area contributed by atoms with E-state index in [1.807, 2.05) is 12.1 Å². The summed E-state index contributed by atoms with van der Waals surface area (Å²) >= 11 is 6.16. The standard InChI is InChI=1S/C21H28ClN2O/c22-18-9-10-19-20(16-18)25-21(11-15-23-12-3-4-13-23)24(19)14-5-8-17-6-1-2-7-17/h9-11,15-17H,1-8,12-14H2/q+1. The average Bonchev–Trinajstić information content (AvgIpc) is 3.34. The molecule has 0 spiro atoms. The molecule has 1 aliphatic heterocycles. The third-order valence-electron chi connectivity index (χ3n) is 5.73. The van der Waals surface area contributed by atoms with Crippen LogP contribution in [0.2, 0.25) is 5.02 Å². The van der Waals surface area contributed by atoms with Gasteiger partial charge in [0.1, 0.15) is 0 Å². The Morgan fingerprint density at radius 1 is 1.16 bits per heavy atom. The molecule has 3 nitrogen and oxygen atoms in total. The van der Waals surface area contributed by atoms with E-state index in [0.29, 0.717) is 0 Å². The molecule has 0 atom stereocenters. The third kappa shape index (κ3) is 4.03. The summed E-state index contributed by atoms with van der Waals surface area (Å²) in [5.74, 6) is 1.88. The molecule has 134 valence electrons. The van der Waals surface area contributed by atoms with Gasteiger partial charge < -0.3 is 9.32 Å². The highest BCUT2D eigenvalue weighted by atomic mass is 35.5. The van der Waals surface area contributed by atoms with Crippen LogP contribution in [0.15, 0.2) is 28.8 Å². The number of aromatic nitrogens is 1. The zero-order valence-electron chi connectivity index (χ0n) is 14.9. The predicted octanol–water partition coefficient (Wildman–Crippen LogP) is 5.41. The van der Waals surface area contributed by atoms with Crippen molar-refractivity contribution in [2.45, 2.75) is 57.9 Å². The largest absolute Gasteiger partial charge is 0.398 e. The van der Waals surface area contributed by atoms with E-state index in [9.17, 15) is 0 Å². The lowest BCUT2D eigenvalue weighted by Crippen LogP contribution is -2.35. The van der Waals surface area contributed by atoms with Gasteiger partial charge in [-0.2, -0.15) is 4.57 Å². The fraction of sp³-hybridized carbons (Fsp3) is 0.571. The van der Waals surface area contributed by atoms with E-state index in [1.165, 1.54) is 51.4 Å². The molecule has 4 heteroatoms. The van der Waals surface area contributed by atoms with E-state index in [4.69, 9.17) is 16.0 Å². The Hall–Kier alpha value is -1.48. The number of aryl methyl sites for hydroxylation is 1. The van der Waals surface area contributed by atoms with Gasteiger partial charge in [-0.1, -0.05) is 37.3 Å². The summed E-state index contributed by atoms with van der Waals surface area (Å²) in [5.41, 5.74) is 2.03. The summed E-state index contributed by atoms with van der Waals surface area (Å²) in [6, 6.07) is 5.97. The van der Waals surface area contributed by atoms with Crippen molar-refractivity contribution in [3.63, 3.8) is 0 Å². The van der Waals surface area contributed by atoms with Crippen LogP contribution < -0.4 is 4.57 Å². The summed E-state index contributed by atoms with van der Waals surface area (Å²) in [6.45, 7) is 3.33. The summed E-state index contributed by atoms with van der Waals surface area (Å²) in [6.07, 6.45) is 15.2. The molecule has 25 heavy (non-hydrogen) atoms. The van der Waals surface area contributed by atoms with E-state index in [2.05, 4.69) is 27.8 Å². The number of oxazole rings is 1. The fourth-order valence-electron chi connectivity index (χ4n) is 4.33. The lowest BCUT2D eigenvalue weighted by molar-refractivity contribution is -0.678. The second-order valence-electron chi connectivity index (χ2n) is 7.56. The zero-order valence-corrected chi connectivity index (χ0v) is 15.7. The molecule has 1 aromatic carbocycles. The number of nitrogens with zero attached hydrogens (tertiary/aromatic N) is 2. The summed E-state index contributed by atoms with van der Waals surface area (Å²) in [4.78, 5) is 2.38. The molecule has 0 N–H and O–H groups in total. The molecule has 0 bridgehead atoms. The van der Waals surface area contributed by atoms with E-state index >= 15 is 0 Å². The smallest absolute Gasteiger partial charge is 0.375 e. The third-order valence-corrected chi connectivity index (χ3v) is 5.97. The predicted molar refractivity (Wildman–Crippen MR) is 102 cm³/mol. The van der Waals surface area contributed by atoms with Gasteiger partial charge in [-0.05, 0) is 31.2 Å². The summed E-state index contributed by atoms with van der Waals surface area (Å²) < 4.78 is 8.45. The van der Waals surface area contributed by atoms with Crippen LogP contribution in [-0.4, -0.2) is 18.0 Å². The van der Waals surface area contributed by atoms with Crippen LogP contribution in [0.3, 0.4) is 0 Å². The molecule has 2 heterocycles. The Morgan fingerprint density at radius 2 is 1.96 bits per heavy atom. The first-order valence-electron chi connectivity index (χ1n) is 9.84. The van der Waals surface area contributed by atoms with Crippen molar-refractivity contribution < 1.29 is 8.98 Å². The Kier molecular flexibility index (Phi) is 5.30. The number of benzene rings is 1. The highest BCUT2D eigenvalue weighted by Crippen LogP contribution is 2.28. The number of fused-ring (bicyclic) bond motifs is 1. The van der Waals surface area contributed by atoms with Crippen molar-refractivity contribution in [1.82, 2.24) is 4.90 Å². The van der Waals surface area contributed by atoms with Crippen molar-refractivity contribution in [1.29, 1.82) is 0 Å². The molecule has 1 aromatic heterocycles. The van der Waals surface area contributed by atoms with Gasteiger partial charge in [0.05, 0.1) is 6.08 Å². The van der Waals surface area contributed by atoms with Gasteiger partial charge in [-0.15, -0.1) is 0 Å². The van der Waals surface area contributed by atoms with Gasteiger partial charge in [0.2, 0.25) is 5.58 Å². The normalized spacial score (nSPS) is 19.0. The number of hydrogen-bond donors (Lipinski definition) is 0.